The Morgan fingerprint density at radius 2 is 1.94 bits per heavy atom. The van der Waals surface area contributed by atoms with Crippen LogP contribution < -0.4 is 4.90 Å². The van der Waals surface area contributed by atoms with E-state index in [0.29, 0.717) is 5.15 Å². The molecule has 3 nitrogen and oxygen atoms in total. The average molecular weight is 288 g/mol. The lowest BCUT2D eigenvalue weighted by atomic mass is 9.92. The molecule has 1 fully saturated rings. The standard InChI is InChI=1S/C13H19Cl2N3/c14-8-2-1-3-11-6-9-18(10-7-11)13-5-4-12(15)16-17-13/h4-5,11H,1-3,6-10H2. The summed E-state index contributed by atoms with van der Waals surface area (Å²) >= 11 is 11.4. The van der Waals surface area contributed by atoms with Crippen LogP contribution in [-0.2, 0) is 0 Å². The molecule has 0 aromatic carbocycles. The highest BCUT2D eigenvalue weighted by Crippen LogP contribution is 2.25. The molecule has 1 aliphatic heterocycles. The van der Waals surface area contributed by atoms with Gasteiger partial charge in [0.05, 0.1) is 0 Å². The van der Waals surface area contributed by atoms with E-state index in [1.165, 1.54) is 25.7 Å². The maximum atomic E-state index is 5.74. The van der Waals surface area contributed by atoms with Gasteiger partial charge in [-0.2, -0.15) is 0 Å². The van der Waals surface area contributed by atoms with Crippen molar-refractivity contribution >= 4 is 29.0 Å². The Labute approximate surface area is 118 Å². The van der Waals surface area contributed by atoms with Crippen LogP contribution in [0.15, 0.2) is 12.1 Å². The highest BCUT2D eigenvalue weighted by molar-refractivity contribution is 6.29. The van der Waals surface area contributed by atoms with Crippen molar-refractivity contribution in [3.05, 3.63) is 17.3 Å². The molecule has 1 aliphatic rings. The van der Waals surface area contributed by atoms with E-state index >= 15 is 0 Å². The predicted octanol–water partition coefficient (Wildman–Crippen LogP) is 3.76. The number of unbranched alkanes of at least 4 members (excludes halogenated alkanes) is 1. The highest BCUT2D eigenvalue weighted by Gasteiger charge is 2.19. The van der Waals surface area contributed by atoms with Gasteiger partial charge in [-0.1, -0.05) is 24.4 Å². The van der Waals surface area contributed by atoms with Crippen LogP contribution in [0.3, 0.4) is 0 Å². The molecule has 0 radical (unpaired) electrons. The molecule has 18 heavy (non-hydrogen) atoms. The molecule has 0 spiro atoms. The van der Waals surface area contributed by atoms with E-state index in [0.717, 1.165) is 37.1 Å². The summed E-state index contributed by atoms with van der Waals surface area (Å²) in [5, 5.41) is 8.48. The minimum Gasteiger partial charge on any atom is -0.355 e. The number of hydrogen-bond acceptors (Lipinski definition) is 3. The zero-order valence-electron chi connectivity index (χ0n) is 10.5. The van der Waals surface area contributed by atoms with Crippen molar-refractivity contribution in [1.82, 2.24) is 10.2 Å². The molecule has 5 heteroatoms. The largest absolute Gasteiger partial charge is 0.355 e. The number of piperidine rings is 1. The predicted molar refractivity (Wildman–Crippen MR) is 76.6 cm³/mol. The van der Waals surface area contributed by atoms with Crippen LogP contribution in [0.2, 0.25) is 5.15 Å². The SMILES string of the molecule is ClCCCCC1CCN(c2ccc(Cl)nn2)CC1. The molecule has 0 bridgehead atoms. The number of rotatable bonds is 5. The first-order valence-corrected chi connectivity index (χ1v) is 7.51. The van der Waals surface area contributed by atoms with Gasteiger partial charge in [0.25, 0.3) is 0 Å². The van der Waals surface area contributed by atoms with E-state index in [-0.39, 0.29) is 0 Å². The highest BCUT2D eigenvalue weighted by atomic mass is 35.5. The zero-order chi connectivity index (χ0) is 12.8. The number of alkyl halides is 1. The van der Waals surface area contributed by atoms with Gasteiger partial charge in [0.2, 0.25) is 0 Å². The fourth-order valence-corrected chi connectivity index (χ4v) is 2.75. The Morgan fingerprint density at radius 1 is 1.17 bits per heavy atom. The van der Waals surface area contributed by atoms with Gasteiger partial charge < -0.3 is 4.90 Å². The van der Waals surface area contributed by atoms with E-state index in [1.807, 2.05) is 6.07 Å². The number of halogens is 2. The molecule has 0 saturated carbocycles. The van der Waals surface area contributed by atoms with Crippen molar-refractivity contribution in [1.29, 1.82) is 0 Å². The van der Waals surface area contributed by atoms with Gasteiger partial charge in [-0.3, -0.25) is 0 Å². The molecule has 0 atom stereocenters. The lowest BCUT2D eigenvalue weighted by Crippen LogP contribution is -2.34. The summed E-state index contributed by atoms with van der Waals surface area (Å²) in [4.78, 5) is 2.29. The first kappa shape index (κ1) is 13.9. The molecule has 2 heterocycles. The van der Waals surface area contributed by atoms with Crippen LogP contribution in [0.25, 0.3) is 0 Å². The Balaban J connectivity index is 1.77. The lowest BCUT2D eigenvalue weighted by molar-refractivity contribution is 0.370. The van der Waals surface area contributed by atoms with Gasteiger partial charge in [0.1, 0.15) is 0 Å². The minimum absolute atomic E-state index is 0.453. The van der Waals surface area contributed by atoms with Crippen LogP contribution in [0.4, 0.5) is 5.82 Å². The summed E-state index contributed by atoms with van der Waals surface area (Å²) in [7, 11) is 0. The summed E-state index contributed by atoms with van der Waals surface area (Å²) in [5.41, 5.74) is 0. The Kier molecular flexibility index (Phi) is 5.51. The quantitative estimate of drug-likeness (QED) is 0.610. The van der Waals surface area contributed by atoms with Crippen molar-refractivity contribution in [2.24, 2.45) is 5.92 Å². The molecule has 2 rings (SSSR count). The summed E-state index contributed by atoms with van der Waals surface area (Å²) in [6.07, 6.45) is 6.20. The van der Waals surface area contributed by atoms with Crippen molar-refractivity contribution in [2.75, 3.05) is 23.9 Å². The topological polar surface area (TPSA) is 29.0 Å². The van der Waals surface area contributed by atoms with E-state index in [9.17, 15) is 0 Å². The second-order valence-electron chi connectivity index (χ2n) is 4.83. The van der Waals surface area contributed by atoms with Gasteiger partial charge >= 0.3 is 0 Å². The normalized spacial score (nSPS) is 17.1. The number of nitrogens with zero attached hydrogens (tertiary/aromatic N) is 3. The van der Waals surface area contributed by atoms with Crippen molar-refractivity contribution in [2.45, 2.75) is 32.1 Å². The van der Waals surface area contributed by atoms with Gasteiger partial charge in [0.15, 0.2) is 11.0 Å². The van der Waals surface area contributed by atoms with Crippen molar-refractivity contribution in [3.63, 3.8) is 0 Å². The third-order valence-corrected chi connectivity index (χ3v) is 4.02. The molecule has 1 aromatic heterocycles. The minimum atomic E-state index is 0.453. The molecular weight excluding hydrogens is 269 g/mol. The maximum absolute atomic E-state index is 5.74. The maximum Gasteiger partial charge on any atom is 0.151 e. The molecule has 0 unspecified atom stereocenters. The molecule has 1 saturated heterocycles. The molecular formula is C13H19Cl2N3. The Bertz CT molecular complexity index is 348. The van der Waals surface area contributed by atoms with E-state index in [2.05, 4.69) is 15.1 Å². The number of anilines is 1. The summed E-state index contributed by atoms with van der Waals surface area (Å²) in [5.74, 6) is 2.59. The third kappa shape index (κ3) is 3.99. The summed E-state index contributed by atoms with van der Waals surface area (Å²) in [6, 6.07) is 3.75. The fourth-order valence-electron chi connectivity index (χ4n) is 2.46. The van der Waals surface area contributed by atoms with E-state index in [4.69, 9.17) is 23.2 Å². The van der Waals surface area contributed by atoms with Gasteiger partial charge in [-0.15, -0.1) is 21.8 Å². The van der Waals surface area contributed by atoms with Crippen LogP contribution in [0, 0.1) is 5.92 Å². The Hall–Kier alpha value is -0.540. The number of aromatic nitrogens is 2. The molecule has 0 N–H and O–H groups in total. The van der Waals surface area contributed by atoms with E-state index < -0.39 is 0 Å². The summed E-state index contributed by atoms with van der Waals surface area (Å²) in [6.45, 7) is 2.14. The average Bonchev–Trinajstić information content (AvgIpc) is 2.41. The first-order chi connectivity index (χ1) is 8.79. The second-order valence-corrected chi connectivity index (χ2v) is 5.59. The van der Waals surface area contributed by atoms with Crippen LogP contribution in [0.5, 0.6) is 0 Å². The summed E-state index contributed by atoms with van der Waals surface area (Å²) < 4.78 is 0. The monoisotopic (exact) mass is 287 g/mol. The van der Waals surface area contributed by atoms with E-state index in [1.54, 1.807) is 6.07 Å². The van der Waals surface area contributed by atoms with Gasteiger partial charge in [-0.05, 0) is 37.3 Å². The van der Waals surface area contributed by atoms with Crippen molar-refractivity contribution in [3.8, 4) is 0 Å². The smallest absolute Gasteiger partial charge is 0.151 e. The Morgan fingerprint density at radius 3 is 2.56 bits per heavy atom. The van der Waals surface area contributed by atoms with Crippen LogP contribution in [0.1, 0.15) is 32.1 Å². The second kappa shape index (κ2) is 7.15. The molecule has 100 valence electrons. The first-order valence-electron chi connectivity index (χ1n) is 6.59. The van der Waals surface area contributed by atoms with Gasteiger partial charge in [-0.25, -0.2) is 0 Å². The zero-order valence-corrected chi connectivity index (χ0v) is 12.0. The fraction of sp³-hybridized carbons (Fsp3) is 0.692. The molecule has 0 amide bonds. The number of hydrogen-bond donors (Lipinski definition) is 0. The third-order valence-electron chi connectivity index (χ3n) is 3.55. The lowest BCUT2D eigenvalue weighted by Gasteiger charge is -2.32. The molecule has 0 aliphatic carbocycles. The molecule has 1 aromatic rings. The van der Waals surface area contributed by atoms with Gasteiger partial charge in [0, 0.05) is 19.0 Å². The van der Waals surface area contributed by atoms with Crippen LogP contribution >= 0.6 is 23.2 Å². The van der Waals surface area contributed by atoms with Crippen molar-refractivity contribution < 1.29 is 0 Å². The van der Waals surface area contributed by atoms with Crippen LogP contribution in [-0.4, -0.2) is 29.2 Å².